The van der Waals surface area contributed by atoms with Gasteiger partial charge < -0.3 is 9.64 Å². The van der Waals surface area contributed by atoms with E-state index in [0.29, 0.717) is 23.8 Å². The third-order valence-corrected chi connectivity index (χ3v) is 4.17. The van der Waals surface area contributed by atoms with Crippen LogP contribution in [0, 0.1) is 0 Å². The number of carbonyl (C=O) groups excluding carboxylic acids is 1. The van der Waals surface area contributed by atoms with Crippen molar-refractivity contribution in [2.24, 2.45) is 0 Å². The topological polar surface area (TPSA) is 29.5 Å². The molecule has 118 valence electrons. The molecule has 4 heteroatoms. The molecule has 0 saturated carbocycles. The predicted molar refractivity (Wildman–Crippen MR) is 92.5 cm³/mol. The van der Waals surface area contributed by atoms with Gasteiger partial charge in [0.15, 0.2) is 0 Å². The van der Waals surface area contributed by atoms with Crippen LogP contribution in [0.4, 0.5) is 0 Å². The summed E-state index contributed by atoms with van der Waals surface area (Å²) in [6.07, 6.45) is 10.3. The number of hydrogen-bond acceptors (Lipinski definition) is 3. The van der Waals surface area contributed by atoms with E-state index in [1.54, 1.807) is 0 Å². The van der Waals surface area contributed by atoms with Crippen molar-refractivity contribution in [1.29, 1.82) is 0 Å². The smallest absolute Gasteiger partial charge is 0.336 e. The van der Waals surface area contributed by atoms with Crippen LogP contribution in [-0.4, -0.2) is 23.5 Å². The fraction of sp³-hybridized carbons (Fsp3) is 0.211. The number of ether oxygens (including phenoxy) is 1. The van der Waals surface area contributed by atoms with E-state index in [1.165, 1.54) is 0 Å². The molecule has 0 saturated heterocycles. The zero-order valence-corrected chi connectivity index (χ0v) is 13.7. The molecule has 1 aromatic rings. The highest BCUT2D eigenvalue weighted by atomic mass is 35.5. The fourth-order valence-corrected chi connectivity index (χ4v) is 3.12. The van der Waals surface area contributed by atoms with E-state index < -0.39 is 0 Å². The molecule has 1 atom stereocenters. The van der Waals surface area contributed by atoms with Gasteiger partial charge in [-0.2, -0.15) is 0 Å². The van der Waals surface area contributed by atoms with Gasteiger partial charge in [-0.25, -0.2) is 4.79 Å². The monoisotopic (exact) mass is 327 g/mol. The Morgan fingerprint density at radius 1 is 1.39 bits per heavy atom. The van der Waals surface area contributed by atoms with Gasteiger partial charge in [-0.1, -0.05) is 60.2 Å². The van der Waals surface area contributed by atoms with E-state index in [2.05, 4.69) is 12.2 Å². The highest BCUT2D eigenvalue weighted by Gasteiger charge is 2.35. The van der Waals surface area contributed by atoms with Crippen LogP contribution < -0.4 is 0 Å². The number of carbonyl (C=O) groups is 1. The minimum absolute atomic E-state index is 0.0123. The standard InChI is InChI=1S/C19H18ClNO2/c1-2-23-19(22)16-13-15(12-11-14-7-4-3-5-8-14)21-17(16)9-6-10-18(21)20/h3-12,15H,2,13H2,1H3/b12-11+. The van der Waals surface area contributed by atoms with Gasteiger partial charge in [0.05, 0.1) is 23.9 Å². The van der Waals surface area contributed by atoms with Gasteiger partial charge in [-0.15, -0.1) is 0 Å². The second kappa shape index (κ2) is 6.88. The molecule has 0 spiro atoms. The summed E-state index contributed by atoms with van der Waals surface area (Å²) in [5, 5.41) is 0.615. The van der Waals surface area contributed by atoms with Crippen LogP contribution in [0.5, 0.6) is 0 Å². The number of hydrogen-bond donors (Lipinski definition) is 0. The summed E-state index contributed by atoms with van der Waals surface area (Å²) >= 11 is 6.36. The van der Waals surface area contributed by atoms with Gasteiger partial charge >= 0.3 is 5.97 Å². The molecule has 2 heterocycles. The van der Waals surface area contributed by atoms with Crippen LogP contribution >= 0.6 is 11.6 Å². The Bertz CT molecular complexity index is 716. The van der Waals surface area contributed by atoms with Crippen LogP contribution in [0.2, 0.25) is 0 Å². The Morgan fingerprint density at radius 3 is 2.91 bits per heavy atom. The van der Waals surface area contributed by atoms with Crippen LogP contribution in [-0.2, 0) is 9.53 Å². The number of benzene rings is 1. The van der Waals surface area contributed by atoms with Crippen LogP contribution in [0.3, 0.4) is 0 Å². The Labute approximate surface area is 141 Å². The number of esters is 1. The Balaban J connectivity index is 1.87. The molecule has 3 rings (SSSR count). The van der Waals surface area contributed by atoms with Crippen molar-refractivity contribution >= 4 is 23.6 Å². The first-order valence-electron chi connectivity index (χ1n) is 7.67. The average molecular weight is 328 g/mol. The van der Waals surface area contributed by atoms with Crippen molar-refractivity contribution in [3.8, 4) is 0 Å². The van der Waals surface area contributed by atoms with Crippen molar-refractivity contribution in [3.05, 3.63) is 76.6 Å². The first-order valence-corrected chi connectivity index (χ1v) is 8.05. The number of rotatable bonds is 4. The van der Waals surface area contributed by atoms with Crippen LogP contribution in [0.1, 0.15) is 18.9 Å². The first-order chi connectivity index (χ1) is 11.2. The molecule has 0 amide bonds. The molecule has 0 bridgehead atoms. The molecule has 1 unspecified atom stereocenters. The molecule has 3 nitrogen and oxygen atoms in total. The second-order valence-electron chi connectivity index (χ2n) is 5.34. The zero-order valence-electron chi connectivity index (χ0n) is 12.9. The molecule has 0 fully saturated rings. The average Bonchev–Trinajstić information content (AvgIpc) is 2.94. The number of halogens is 1. The van der Waals surface area contributed by atoms with Crippen molar-refractivity contribution < 1.29 is 9.53 Å². The largest absolute Gasteiger partial charge is 0.463 e. The maximum absolute atomic E-state index is 12.2. The van der Waals surface area contributed by atoms with Gasteiger partial charge in [-0.3, -0.25) is 0 Å². The molecule has 0 aromatic heterocycles. The Morgan fingerprint density at radius 2 is 2.17 bits per heavy atom. The normalized spacial score (nSPS) is 20.0. The molecular formula is C19H18ClNO2. The number of allylic oxidation sites excluding steroid dienone is 3. The summed E-state index contributed by atoms with van der Waals surface area (Å²) in [4.78, 5) is 14.2. The van der Waals surface area contributed by atoms with E-state index >= 15 is 0 Å². The molecule has 0 radical (unpaired) electrons. The fourth-order valence-electron chi connectivity index (χ4n) is 2.83. The van der Waals surface area contributed by atoms with Crippen molar-refractivity contribution in [2.45, 2.75) is 19.4 Å². The van der Waals surface area contributed by atoms with E-state index in [-0.39, 0.29) is 12.0 Å². The Hall–Kier alpha value is -2.26. The quantitative estimate of drug-likeness (QED) is 0.612. The highest BCUT2D eigenvalue weighted by Crippen LogP contribution is 2.38. The lowest BCUT2D eigenvalue weighted by Gasteiger charge is -2.27. The molecule has 23 heavy (non-hydrogen) atoms. The van der Waals surface area contributed by atoms with Crippen molar-refractivity contribution in [2.75, 3.05) is 6.61 Å². The summed E-state index contributed by atoms with van der Waals surface area (Å²) in [6.45, 7) is 2.18. The zero-order chi connectivity index (χ0) is 16.2. The number of fused-ring (bicyclic) bond motifs is 1. The van der Waals surface area contributed by atoms with Crippen LogP contribution in [0.15, 0.2) is 71.1 Å². The van der Waals surface area contributed by atoms with E-state index in [9.17, 15) is 4.79 Å². The molecule has 0 aliphatic carbocycles. The molecule has 2 aliphatic heterocycles. The summed E-state index contributed by atoms with van der Waals surface area (Å²) in [5.41, 5.74) is 2.63. The Kier molecular flexibility index (Phi) is 4.68. The maximum atomic E-state index is 12.2. The second-order valence-corrected chi connectivity index (χ2v) is 5.73. The van der Waals surface area contributed by atoms with Crippen molar-refractivity contribution in [3.63, 3.8) is 0 Å². The predicted octanol–water partition coefficient (Wildman–Crippen LogP) is 4.24. The third-order valence-electron chi connectivity index (χ3n) is 3.86. The highest BCUT2D eigenvalue weighted by molar-refractivity contribution is 6.29. The number of nitrogens with zero attached hydrogens (tertiary/aromatic N) is 1. The maximum Gasteiger partial charge on any atom is 0.336 e. The van der Waals surface area contributed by atoms with Gasteiger partial charge in [-0.05, 0) is 24.6 Å². The van der Waals surface area contributed by atoms with E-state index in [0.717, 1.165) is 11.3 Å². The summed E-state index contributed by atoms with van der Waals surface area (Å²) in [6, 6.07) is 10.1. The van der Waals surface area contributed by atoms with Crippen molar-refractivity contribution in [1.82, 2.24) is 4.90 Å². The lowest BCUT2D eigenvalue weighted by molar-refractivity contribution is -0.138. The summed E-state index contributed by atoms with van der Waals surface area (Å²) in [5.74, 6) is -0.265. The third kappa shape index (κ3) is 3.25. The molecule has 2 aliphatic rings. The molecular weight excluding hydrogens is 310 g/mol. The first kappa shape index (κ1) is 15.6. The molecule has 1 aromatic carbocycles. The minimum atomic E-state index is -0.265. The van der Waals surface area contributed by atoms with Gasteiger partial charge in [0, 0.05) is 6.42 Å². The SMILES string of the molecule is CCOC(=O)C1=C2C=CC=C(Cl)N2C(/C=C/c2ccccc2)C1. The van der Waals surface area contributed by atoms with Crippen LogP contribution in [0.25, 0.3) is 6.08 Å². The lowest BCUT2D eigenvalue weighted by atomic mass is 10.1. The summed E-state index contributed by atoms with van der Waals surface area (Å²) in [7, 11) is 0. The van der Waals surface area contributed by atoms with Gasteiger partial charge in [0.2, 0.25) is 0 Å². The van der Waals surface area contributed by atoms with E-state index in [1.807, 2.05) is 60.4 Å². The minimum Gasteiger partial charge on any atom is -0.463 e. The lowest BCUT2D eigenvalue weighted by Crippen LogP contribution is -2.26. The summed E-state index contributed by atoms with van der Waals surface area (Å²) < 4.78 is 5.18. The molecule has 0 N–H and O–H groups in total. The van der Waals surface area contributed by atoms with E-state index in [4.69, 9.17) is 16.3 Å². The van der Waals surface area contributed by atoms with Gasteiger partial charge in [0.1, 0.15) is 5.16 Å². The van der Waals surface area contributed by atoms with Gasteiger partial charge in [0.25, 0.3) is 0 Å².